The first-order valence-electron chi connectivity index (χ1n) is 10.7. The van der Waals surface area contributed by atoms with E-state index < -0.39 is 0 Å². The molecule has 0 radical (unpaired) electrons. The summed E-state index contributed by atoms with van der Waals surface area (Å²) in [7, 11) is 0. The lowest BCUT2D eigenvalue weighted by molar-refractivity contribution is -0.147. The van der Waals surface area contributed by atoms with E-state index in [1.807, 2.05) is 17.2 Å². The SMILES string of the molecule is C=CC(=O)N1C[C@H](Nc2ncnc3c2ccn3COC(=O)CCCCC)CC[C@@H]1C. The van der Waals surface area contributed by atoms with Gasteiger partial charge in [-0.3, -0.25) is 14.2 Å². The summed E-state index contributed by atoms with van der Waals surface area (Å²) in [5.41, 5.74) is 0.706. The van der Waals surface area contributed by atoms with Crippen LogP contribution in [0.5, 0.6) is 0 Å². The minimum absolute atomic E-state index is 0.0475. The van der Waals surface area contributed by atoms with Crippen molar-refractivity contribution in [2.75, 3.05) is 11.9 Å². The Bertz CT molecular complexity index is 894. The monoisotopic (exact) mass is 413 g/mol. The van der Waals surface area contributed by atoms with Gasteiger partial charge in [-0.15, -0.1) is 0 Å². The average molecular weight is 414 g/mol. The highest BCUT2D eigenvalue weighted by molar-refractivity contribution is 5.88. The summed E-state index contributed by atoms with van der Waals surface area (Å²) in [6.45, 7) is 8.50. The fraction of sp³-hybridized carbons (Fsp3) is 0.545. The Morgan fingerprint density at radius 2 is 2.17 bits per heavy atom. The van der Waals surface area contributed by atoms with Gasteiger partial charge in [-0.1, -0.05) is 26.3 Å². The highest BCUT2D eigenvalue weighted by Gasteiger charge is 2.28. The molecule has 1 aliphatic rings. The number of nitrogens with zero attached hydrogens (tertiary/aromatic N) is 4. The van der Waals surface area contributed by atoms with Gasteiger partial charge in [-0.25, -0.2) is 9.97 Å². The standard InChI is InChI=1S/C22H31N5O3/c1-4-6-7-8-20(29)30-15-26-12-11-18-21(23-14-24-22(18)26)25-17-10-9-16(3)27(13-17)19(28)5-2/h5,11-12,14,16-17H,2,4,6-10,13,15H2,1,3H3,(H,23,24,25)/t16-,17+/m0/s1. The Hall–Kier alpha value is -2.90. The summed E-state index contributed by atoms with van der Waals surface area (Å²) >= 11 is 0. The molecule has 1 N–H and O–H groups in total. The van der Waals surface area contributed by atoms with Gasteiger partial charge in [0.25, 0.3) is 0 Å². The fourth-order valence-corrected chi connectivity index (χ4v) is 3.80. The molecular formula is C22H31N5O3. The van der Waals surface area contributed by atoms with E-state index in [1.54, 1.807) is 4.57 Å². The Morgan fingerprint density at radius 1 is 1.33 bits per heavy atom. The van der Waals surface area contributed by atoms with Gasteiger partial charge in [0, 0.05) is 31.2 Å². The van der Waals surface area contributed by atoms with Gasteiger partial charge in [0.2, 0.25) is 5.91 Å². The fourth-order valence-electron chi connectivity index (χ4n) is 3.80. The van der Waals surface area contributed by atoms with Gasteiger partial charge in [0.15, 0.2) is 6.73 Å². The number of rotatable bonds is 9. The Kier molecular flexibility index (Phi) is 7.43. The van der Waals surface area contributed by atoms with Gasteiger partial charge >= 0.3 is 5.97 Å². The zero-order valence-electron chi connectivity index (χ0n) is 17.8. The molecule has 0 saturated carbocycles. The van der Waals surface area contributed by atoms with Crippen molar-refractivity contribution in [3.05, 3.63) is 31.2 Å². The number of hydrogen-bond donors (Lipinski definition) is 1. The summed E-state index contributed by atoms with van der Waals surface area (Å²) in [5.74, 6) is 0.480. The van der Waals surface area contributed by atoms with Gasteiger partial charge < -0.3 is 15.0 Å². The molecule has 8 heteroatoms. The van der Waals surface area contributed by atoms with Crippen LogP contribution in [0.1, 0.15) is 52.4 Å². The van der Waals surface area contributed by atoms with Gasteiger partial charge in [0.1, 0.15) is 17.8 Å². The maximum atomic E-state index is 12.1. The summed E-state index contributed by atoms with van der Waals surface area (Å²) < 4.78 is 7.19. The topological polar surface area (TPSA) is 89.3 Å². The van der Waals surface area contributed by atoms with Crippen LogP contribution in [0.15, 0.2) is 31.2 Å². The first-order valence-corrected chi connectivity index (χ1v) is 10.7. The molecule has 0 aromatic carbocycles. The normalized spacial score (nSPS) is 18.9. The molecule has 2 aromatic heterocycles. The number of carbonyl (C=O) groups excluding carboxylic acids is 2. The molecular weight excluding hydrogens is 382 g/mol. The van der Waals surface area contributed by atoms with E-state index in [2.05, 4.69) is 35.7 Å². The maximum Gasteiger partial charge on any atom is 0.307 e. The molecule has 162 valence electrons. The summed E-state index contributed by atoms with van der Waals surface area (Å²) in [6, 6.07) is 2.22. The lowest BCUT2D eigenvalue weighted by Gasteiger charge is -2.38. The van der Waals surface area contributed by atoms with Crippen molar-refractivity contribution in [1.82, 2.24) is 19.4 Å². The number of esters is 1. The molecule has 1 saturated heterocycles. The van der Waals surface area contributed by atoms with Crippen LogP contribution in [0.3, 0.4) is 0 Å². The predicted octanol–water partition coefficient (Wildman–Crippen LogP) is 3.49. The number of amides is 1. The molecule has 3 rings (SSSR count). The molecule has 3 heterocycles. The Balaban J connectivity index is 1.66. The molecule has 2 atom stereocenters. The van der Waals surface area contributed by atoms with Crippen LogP contribution in [0.2, 0.25) is 0 Å². The first-order chi connectivity index (χ1) is 14.5. The van der Waals surface area contributed by atoms with E-state index in [-0.39, 0.29) is 30.7 Å². The number of aromatic nitrogens is 3. The Labute approximate surface area is 177 Å². The lowest BCUT2D eigenvalue weighted by atomic mass is 9.99. The molecule has 0 unspecified atom stereocenters. The molecule has 0 aliphatic carbocycles. The number of unbranched alkanes of at least 4 members (excludes halogenated alkanes) is 2. The van der Waals surface area contributed by atoms with Crippen molar-refractivity contribution >= 4 is 28.7 Å². The van der Waals surface area contributed by atoms with Crippen LogP contribution in [0, 0.1) is 0 Å². The highest BCUT2D eigenvalue weighted by Crippen LogP contribution is 2.25. The number of nitrogens with one attached hydrogen (secondary N) is 1. The molecule has 2 aromatic rings. The minimum Gasteiger partial charge on any atom is -0.444 e. The predicted molar refractivity (Wildman–Crippen MR) is 116 cm³/mol. The third-order valence-electron chi connectivity index (χ3n) is 5.59. The molecule has 0 bridgehead atoms. The number of ether oxygens (including phenoxy) is 1. The van der Waals surface area contributed by atoms with Crippen molar-refractivity contribution in [1.29, 1.82) is 0 Å². The number of likely N-dealkylation sites (tertiary alicyclic amines) is 1. The van der Waals surface area contributed by atoms with E-state index >= 15 is 0 Å². The van der Waals surface area contributed by atoms with Crippen LogP contribution in [0.25, 0.3) is 11.0 Å². The van der Waals surface area contributed by atoms with Crippen LogP contribution in [0.4, 0.5) is 5.82 Å². The number of carbonyl (C=O) groups is 2. The van der Waals surface area contributed by atoms with Crippen molar-refractivity contribution in [3.8, 4) is 0 Å². The third-order valence-corrected chi connectivity index (χ3v) is 5.59. The zero-order valence-corrected chi connectivity index (χ0v) is 17.8. The van der Waals surface area contributed by atoms with E-state index in [0.29, 0.717) is 18.6 Å². The van der Waals surface area contributed by atoms with Crippen molar-refractivity contribution in [2.45, 2.75) is 71.2 Å². The minimum atomic E-state index is -0.194. The number of fused-ring (bicyclic) bond motifs is 1. The molecule has 0 spiro atoms. The molecule has 8 nitrogen and oxygen atoms in total. The molecule has 1 aliphatic heterocycles. The summed E-state index contributed by atoms with van der Waals surface area (Å²) in [6.07, 6.45) is 9.97. The van der Waals surface area contributed by atoms with Crippen LogP contribution in [-0.2, 0) is 21.1 Å². The van der Waals surface area contributed by atoms with Crippen LogP contribution >= 0.6 is 0 Å². The Morgan fingerprint density at radius 3 is 2.93 bits per heavy atom. The van der Waals surface area contributed by atoms with E-state index in [4.69, 9.17) is 4.74 Å². The second-order valence-electron chi connectivity index (χ2n) is 7.81. The van der Waals surface area contributed by atoms with Crippen LogP contribution < -0.4 is 5.32 Å². The van der Waals surface area contributed by atoms with Gasteiger partial charge in [-0.2, -0.15) is 0 Å². The van der Waals surface area contributed by atoms with Crippen molar-refractivity contribution < 1.29 is 14.3 Å². The largest absolute Gasteiger partial charge is 0.444 e. The second-order valence-corrected chi connectivity index (χ2v) is 7.81. The second kappa shape index (κ2) is 10.2. The van der Waals surface area contributed by atoms with E-state index in [0.717, 1.165) is 43.3 Å². The molecule has 1 amide bonds. The van der Waals surface area contributed by atoms with Crippen molar-refractivity contribution in [3.63, 3.8) is 0 Å². The quantitative estimate of drug-likeness (QED) is 0.385. The van der Waals surface area contributed by atoms with Gasteiger partial charge in [0.05, 0.1) is 5.39 Å². The zero-order chi connectivity index (χ0) is 21.5. The summed E-state index contributed by atoms with van der Waals surface area (Å²) in [5, 5.41) is 4.33. The third kappa shape index (κ3) is 5.17. The number of anilines is 1. The number of piperidine rings is 1. The lowest BCUT2D eigenvalue weighted by Crippen LogP contribution is -2.49. The molecule has 30 heavy (non-hydrogen) atoms. The van der Waals surface area contributed by atoms with Crippen LogP contribution in [-0.4, -0.2) is 49.9 Å². The average Bonchev–Trinajstić information content (AvgIpc) is 3.17. The van der Waals surface area contributed by atoms with Crippen molar-refractivity contribution in [2.24, 2.45) is 0 Å². The highest BCUT2D eigenvalue weighted by atomic mass is 16.5. The van der Waals surface area contributed by atoms with E-state index in [1.165, 1.54) is 12.4 Å². The first kappa shape index (κ1) is 21.8. The van der Waals surface area contributed by atoms with E-state index in [9.17, 15) is 9.59 Å². The maximum absolute atomic E-state index is 12.1. The molecule has 1 fully saturated rings. The summed E-state index contributed by atoms with van der Waals surface area (Å²) in [4.78, 5) is 34.6. The smallest absolute Gasteiger partial charge is 0.307 e. The number of hydrogen-bond acceptors (Lipinski definition) is 6. The van der Waals surface area contributed by atoms with Gasteiger partial charge in [-0.05, 0) is 38.3 Å².